The Morgan fingerprint density at radius 1 is 1.38 bits per heavy atom. The predicted molar refractivity (Wildman–Crippen MR) is 62.8 cm³/mol. The predicted octanol–water partition coefficient (Wildman–Crippen LogP) is 1.94. The lowest BCUT2D eigenvalue weighted by atomic mass is 10.1. The molecule has 0 atom stereocenters. The second-order valence-corrected chi connectivity index (χ2v) is 4.01. The lowest BCUT2D eigenvalue weighted by Crippen LogP contribution is -2.14. The van der Waals surface area contributed by atoms with E-state index < -0.39 is 0 Å². The standard InChI is InChI=1S/C12H16N2O2/c1-14(2)8-7-11-12-9(13-16-11)5-4-6-10(12)15-3/h4-6H,7-8H2,1-3H3. The van der Waals surface area contributed by atoms with Gasteiger partial charge in [-0.3, -0.25) is 0 Å². The fourth-order valence-electron chi connectivity index (χ4n) is 1.69. The van der Waals surface area contributed by atoms with Crippen molar-refractivity contribution in [2.24, 2.45) is 0 Å². The Morgan fingerprint density at radius 2 is 2.19 bits per heavy atom. The van der Waals surface area contributed by atoms with Gasteiger partial charge in [-0.1, -0.05) is 11.2 Å². The minimum absolute atomic E-state index is 0.826. The largest absolute Gasteiger partial charge is 0.496 e. The van der Waals surface area contributed by atoms with Gasteiger partial charge in [0.15, 0.2) is 0 Å². The smallest absolute Gasteiger partial charge is 0.149 e. The second kappa shape index (κ2) is 4.53. The molecule has 4 heteroatoms. The molecule has 0 aliphatic rings. The van der Waals surface area contributed by atoms with E-state index in [0.717, 1.165) is 35.4 Å². The van der Waals surface area contributed by atoms with Crippen molar-refractivity contribution in [3.8, 4) is 5.75 Å². The minimum atomic E-state index is 0.826. The first-order chi connectivity index (χ1) is 7.72. The lowest BCUT2D eigenvalue weighted by molar-refractivity contribution is 0.353. The maximum absolute atomic E-state index is 5.35. The van der Waals surface area contributed by atoms with E-state index in [0.29, 0.717) is 0 Å². The van der Waals surface area contributed by atoms with Crippen molar-refractivity contribution in [1.82, 2.24) is 10.1 Å². The molecule has 0 radical (unpaired) electrons. The molecule has 0 amide bonds. The van der Waals surface area contributed by atoms with Crippen LogP contribution in [0, 0.1) is 0 Å². The number of fused-ring (bicyclic) bond motifs is 1. The Morgan fingerprint density at radius 3 is 2.88 bits per heavy atom. The molecule has 2 rings (SSSR count). The zero-order chi connectivity index (χ0) is 11.5. The molecule has 1 heterocycles. The van der Waals surface area contributed by atoms with Gasteiger partial charge in [0, 0.05) is 13.0 Å². The second-order valence-electron chi connectivity index (χ2n) is 4.01. The highest BCUT2D eigenvalue weighted by molar-refractivity contribution is 5.86. The van der Waals surface area contributed by atoms with Crippen LogP contribution >= 0.6 is 0 Å². The normalized spacial score (nSPS) is 11.2. The van der Waals surface area contributed by atoms with Gasteiger partial charge in [-0.05, 0) is 26.2 Å². The van der Waals surface area contributed by atoms with E-state index in [1.807, 2.05) is 32.3 Å². The summed E-state index contributed by atoms with van der Waals surface area (Å²) in [5.41, 5.74) is 0.855. The molecule has 16 heavy (non-hydrogen) atoms. The number of ether oxygens (including phenoxy) is 1. The summed E-state index contributed by atoms with van der Waals surface area (Å²) in [4.78, 5) is 2.11. The number of likely N-dealkylation sites (N-methyl/N-ethyl adjacent to an activating group) is 1. The van der Waals surface area contributed by atoms with Crippen LogP contribution in [0.5, 0.6) is 5.75 Å². The maximum atomic E-state index is 5.35. The molecule has 2 aromatic rings. The molecule has 0 aliphatic heterocycles. The van der Waals surface area contributed by atoms with Crippen LogP contribution in [-0.4, -0.2) is 37.8 Å². The molecule has 0 spiro atoms. The number of rotatable bonds is 4. The van der Waals surface area contributed by atoms with Crippen LogP contribution in [0.15, 0.2) is 22.7 Å². The summed E-state index contributed by atoms with van der Waals surface area (Å²) >= 11 is 0. The average Bonchev–Trinajstić information content (AvgIpc) is 2.69. The highest BCUT2D eigenvalue weighted by Gasteiger charge is 2.12. The van der Waals surface area contributed by atoms with E-state index in [-0.39, 0.29) is 0 Å². The molecule has 1 aromatic carbocycles. The Hall–Kier alpha value is -1.55. The van der Waals surface area contributed by atoms with Crippen LogP contribution in [0.1, 0.15) is 5.76 Å². The van der Waals surface area contributed by atoms with E-state index in [2.05, 4.69) is 10.1 Å². The lowest BCUT2D eigenvalue weighted by Gasteiger charge is -2.07. The summed E-state index contributed by atoms with van der Waals surface area (Å²) in [6, 6.07) is 5.78. The molecule has 0 fully saturated rings. The van der Waals surface area contributed by atoms with Crippen molar-refractivity contribution in [2.45, 2.75) is 6.42 Å². The van der Waals surface area contributed by atoms with Crippen LogP contribution in [0.2, 0.25) is 0 Å². The molecule has 0 saturated heterocycles. The average molecular weight is 220 g/mol. The fourth-order valence-corrected chi connectivity index (χ4v) is 1.69. The Balaban J connectivity index is 2.38. The van der Waals surface area contributed by atoms with Gasteiger partial charge >= 0.3 is 0 Å². The van der Waals surface area contributed by atoms with Crippen LogP contribution in [0.3, 0.4) is 0 Å². The Labute approximate surface area is 94.8 Å². The first-order valence-corrected chi connectivity index (χ1v) is 5.28. The molecular formula is C12H16N2O2. The van der Waals surface area contributed by atoms with Gasteiger partial charge in [0.2, 0.25) is 0 Å². The minimum Gasteiger partial charge on any atom is -0.496 e. The molecule has 0 N–H and O–H groups in total. The van der Waals surface area contributed by atoms with Crippen molar-refractivity contribution in [1.29, 1.82) is 0 Å². The molecule has 86 valence electrons. The van der Waals surface area contributed by atoms with Crippen molar-refractivity contribution < 1.29 is 9.26 Å². The quantitative estimate of drug-likeness (QED) is 0.789. The summed E-state index contributed by atoms with van der Waals surface area (Å²) in [5, 5.41) is 5.02. The summed E-state index contributed by atoms with van der Waals surface area (Å²) in [7, 11) is 5.74. The SMILES string of the molecule is COc1cccc2noc(CCN(C)C)c12. The highest BCUT2D eigenvalue weighted by Crippen LogP contribution is 2.28. The number of hydrogen-bond donors (Lipinski definition) is 0. The van der Waals surface area contributed by atoms with Crippen LogP contribution in [0.4, 0.5) is 0 Å². The third kappa shape index (κ3) is 2.02. The maximum Gasteiger partial charge on any atom is 0.149 e. The van der Waals surface area contributed by atoms with Crippen LogP contribution < -0.4 is 4.74 Å². The van der Waals surface area contributed by atoms with E-state index >= 15 is 0 Å². The topological polar surface area (TPSA) is 38.5 Å². The van der Waals surface area contributed by atoms with Gasteiger partial charge in [-0.2, -0.15) is 0 Å². The summed E-state index contributed by atoms with van der Waals surface area (Å²) < 4.78 is 10.7. The van der Waals surface area contributed by atoms with Gasteiger partial charge in [0.05, 0.1) is 12.5 Å². The van der Waals surface area contributed by atoms with E-state index in [4.69, 9.17) is 9.26 Å². The summed E-state index contributed by atoms with van der Waals surface area (Å²) in [5.74, 6) is 1.72. The Kier molecular flexibility index (Phi) is 3.10. The number of benzene rings is 1. The first kappa shape index (κ1) is 11.0. The van der Waals surface area contributed by atoms with E-state index in [1.54, 1.807) is 7.11 Å². The Bertz CT molecular complexity index is 477. The molecule has 0 unspecified atom stereocenters. The zero-order valence-corrected chi connectivity index (χ0v) is 9.86. The molecule has 1 aromatic heterocycles. The molecule has 4 nitrogen and oxygen atoms in total. The van der Waals surface area contributed by atoms with E-state index in [1.165, 1.54) is 0 Å². The van der Waals surface area contributed by atoms with Gasteiger partial charge in [-0.25, -0.2) is 0 Å². The monoisotopic (exact) mass is 220 g/mol. The highest BCUT2D eigenvalue weighted by atomic mass is 16.5. The van der Waals surface area contributed by atoms with Crippen LogP contribution in [0.25, 0.3) is 10.9 Å². The van der Waals surface area contributed by atoms with Gasteiger partial charge < -0.3 is 14.2 Å². The first-order valence-electron chi connectivity index (χ1n) is 5.28. The van der Waals surface area contributed by atoms with Crippen molar-refractivity contribution in [3.63, 3.8) is 0 Å². The summed E-state index contributed by atoms with van der Waals surface area (Å²) in [6.07, 6.45) is 0.837. The number of methoxy groups -OCH3 is 1. The number of aromatic nitrogens is 1. The van der Waals surface area contributed by atoms with Gasteiger partial charge in [0.25, 0.3) is 0 Å². The number of nitrogens with zero attached hydrogens (tertiary/aromatic N) is 2. The molecular weight excluding hydrogens is 204 g/mol. The third-order valence-corrected chi connectivity index (χ3v) is 2.54. The van der Waals surface area contributed by atoms with E-state index in [9.17, 15) is 0 Å². The number of hydrogen-bond acceptors (Lipinski definition) is 4. The van der Waals surface area contributed by atoms with Crippen molar-refractivity contribution >= 4 is 10.9 Å². The van der Waals surface area contributed by atoms with Crippen LogP contribution in [-0.2, 0) is 6.42 Å². The van der Waals surface area contributed by atoms with Crippen molar-refractivity contribution in [3.05, 3.63) is 24.0 Å². The molecule has 0 bridgehead atoms. The molecule has 0 aliphatic carbocycles. The van der Waals surface area contributed by atoms with Crippen molar-refractivity contribution in [2.75, 3.05) is 27.7 Å². The van der Waals surface area contributed by atoms with Gasteiger partial charge in [0.1, 0.15) is 17.0 Å². The zero-order valence-electron chi connectivity index (χ0n) is 9.86. The molecule has 0 saturated carbocycles. The third-order valence-electron chi connectivity index (χ3n) is 2.54. The fraction of sp³-hybridized carbons (Fsp3) is 0.417. The summed E-state index contributed by atoms with van der Waals surface area (Å²) in [6.45, 7) is 0.933. The van der Waals surface area contributed by atoms with Gasteiger partial charge in [-0.15, -0.1) is 0 Å².